The van der Waals surface area contributed by atoms with Gasteiger partial charge in [0.2, 0.25) is 0 Å². The Labute approximate surface area is 94.1 Å². The van der Waals surface area contributed by atoms with Gasteiger partial charge in [0, 0.05) is 0 Å². The Balaban J connectivity index is 2.40. The lowest BCUT2D eigenvalue weighted by Crippen LogP contribution is -2.10. The van der Waals surface area contributed by atoms with Crippen molar-refractivity contribution in [2.45, 2.75) is 6.92 Å². The fourth-order valence-electron chi connectivity index (χ4n) is 1.56. The van der Waals surface area contributed by atoms with E-state index in [1.165, 1.54) is 5.56 Å². The first-order chi connectivity index (χ1) is 7.66. The van der Waals surface area contributed by atoms with Crippen molar-refractivity contribution < 1.29 is 10.4 Å². The maximum Gasteiger partial charge on any atom is 0.0948 e. The highest BCUT2D eigenvalue weighted by atomic mass is 16.8. The fraction of sp³-hybridized carbons (Fsp3) is 0.0769. The molecule has 0 radical (unpaired) electrons. The second kappa shape index (κ2) is 4.35. The number of hydrogen-bond acceptors (Lipinski definition) is 3. The van der Waals surface area contributed by atoms with Gasteiger partial charge < -0.3 is 0 Å². The Kier molecular flexibility index (Phi) is 2.90. The summed E-state index contributed by atoms with van der Waals surface area (Å²) in [6.07, 6.45) is 0. The van der Waals surface area contributed by atoms with Gasteiger partial charge in [-0.1, -0.05) is 42.0 Å². The molecule has 0 saturated carbocycles. The average molecular weight is 215 g/mol. The van der Waals surface area contributed by atoms with Gasteiger partial charge in [-0.05, 0) is 30.2 Å². The standard InChI is InChI=1S/C13H13NO2/c1-10-5-7-11(8-6-10)12-3-2-4-13(9-12)14(15)16/h2-9,15-16H,1H3. The largest absolute Gasteiger partial charge is 0.264 e. The zero-order valence-electron chi connectivity index (χ0n) is 8.96. The molecule has 0 unspecified atom stereocenters. The first kappa shape index (κ1) is 10.7. The van der Waals surface area contributed by atoms with Gasteiger partial charge in [-0.15, -0.1) is 5.23 Å². The lowest BCUT2D eigenvalue weighted by Gasteiger charge is -2.09. The predicted molar refractivity (Wildman–Crippen MR) is 62.7 cm³/mol. The Morgan fingerprint density at radius 2 is 1.56 bits per heavy atom. The van der Waals surface area contributed by atoms with Crippen LogP contribution in [-0.2, 0) is 0 Å². The summed E-state index contributed by atoms with van der Waals surface area (Å²) in [5, 5.41) is 18.0. The van der Waals surface area contributed by atoms with Crippen LogP contribution in [0.1, 0.15) is 5.56 Å². The minimum absolute atomic E-state index is 0.123. The summed E-state index contributed by atoms with van der Waals surface area (Å²) >= 11 is 0. The Morgan fingerprint density at radius 3 is 2.19 bits per heavy atom. The van der Waals surface area contributed by atoms with Crippen LogP contribution in [0.2, 0.25) is 0 Å². The SMILES string of the molecule is Cc1ccc(-c2cccc(N(O)O)c2)cc1. The molecule has 16 heavy (non-hydrogen) atoms. The molecule has 2 N–H and O–H groups in total. The summed E-state index contributed by atoms with van der Waals surface area (Å²) in [6, 6.07) is 15.1. The topological polar surface area (TPSA) is 43.7 Å². The first-order valence-corrected chi connectivity index (χ1v) is 5.02. The van der Waals surface area contributed by atoms with Crippen LogP contribution in [0.25, 0.3) is 11.1 Å². The zero-order chi connectivity index (χ0) is 11.5. The van der Waals surface area contributed by atoms with Crippen molar-refractivity contribution in [1.82, 2.24) is 0 Å². The van der Waals surface area contributed by atoms with E-state index in [1.54, 1.807) is 18.2 Å². The number of nitrogens with zero attached hydrogens (tertiary/aromatic N) is 1. The Morgan fingerprint density at radius 1 is 0.875 bits per heavy atom. The van der Waals surface area contributed by atoms with Gasteiger partial charge in [0.25, 0.3) is 0 Å². The van der Waals surface area contributed by atoms with Crippen LogP contribution in [-0.4, -0.2) is 10.4 Å². The third-order valence-corrected chi connectivity index (χ3v) is 2.46. The van der Waals surface area contributed by atoms with E-state index in [9.17, 15) is 0 Å². The third kappa shape index (κ3) is 2.21. The molecule has 0 amide bonds. The molecule has 0 saturated heterocycles. The number of anilines is 1. The predicted octanol–water partition coefficient (Wildman–Crippen LogP) is 3.25. The average Bonchev–Trinajstić information content (AvgIpc) is 2.30. The lowest BCUT2D eigenvalue weighted by molar-refractivity contribution is 0.0292. The highest BCUT2D eigenvalue weighted by Crippen LogP contribution is 2.23. The molecular weight excluding hydrogens is 202 g/mol. The summed E-state index contributed by atoms with van der Waals surface area (Å²) in [4.78, 5) is 0. The third-order valence-electron chi connectivity index (χ3n) is 2.46. The molecule has 0 aromatic heterocycles. The molecule has 2 aromatic rings. The molecule has 0 aliphatic heterocycles. The molecule has 0 bridgehead atoms. The van der Waals surface area contributed by atoms with Crippen molar-refractivity contribution in [2.75, 3.05) is 5.23 Å². The molecule has 2 aromatic carbocycles. The Bertz CT molecular complexity index is 478. The van der Waals surface area contributed by atoms with Crippen LogP contribution in [0.3, 0.4) is 0 Å². The van der Waals surface area contributed by atoms with Crippen molar-refractivity contribution in [1.29, 1.82) is 0 Å². The molecule has 0 fully saturated rings. The number of rotatable bonds is 2. The van der Waals surface area contributed by atoms with E-state index in [1.807, 2.05) is 37.3 Å². The van der Waals surface area contributed by atoms with E-state index in [0.29, 0.717) is 5.69 Å². The van der Waals surface area contributed by atoms with Crippen molar-refractivity contribution in [3.05, 3.63) is 54.1 Å². The van der Waals surface area contributed by atoms with Gasteiger partial charge in [-0.3, -0.25) is 10.4 Å². The van der Waals surface area contributed by atoms with Crippen molar-refractivity contribution in [2.24, 2.45) is 0 Å². The van der Waals surface area contributed by atoms with Crippen molar-refractivity contribution in [3.8, 4) is 11.1 Å². The summed E-state index contributed by atoms with van der Waals surface area (Å²) in [5.41, 5.74) is 3.55. The van der Waals surface area contributed by atoms with E-state index < -0.39 is 0 Å². The minimum Gasteiger partial charge on any atom is -0.264 e. The number of hydrogen-bond donors (Lipinski definition) is 2. The molecule has 82 valence electrons. The quantitative estimate of drug-likeness (QED) is 0.756. The monoisotopic (exact) mass is 215 g/mol. The van der Waals surface area contributed by atoms with E-state index in [0.717, 1.165) is 11.1 Å². The van der Waals surface area contributed by atoms with Crippen LogP contribution in [0.15, 0.2) is 48.5 Å². The molecule has 2 rings (SSSR count). The lowest BCUT2D eigenvalue weighted by atomic mass is 10.0. The van der Waals surface area contributed by atoms with E-state index >= 15 is 0 Å². The van der Waals surface area contributed by atoms with E-state index in [4.69, 9.17) is 10.4 Å². The molecular formula is C13H13NO2. The van der Waals surface area contributed by atoms with Crippen LogP contribution in [0.5, 0.6) is 0 Å². The second-order valence-corrected chi connectivity index (χ2v) is 3.71. The molecule has 3 nitrogen and oxygen atoms in total. The minimum atomic E-state index is 0.123. The van der Waals surface area contributed by atoms with E-state index in [2.05, 4.69) is 0 Å². The summed E-state index contributed by atoms with van der Waals surface area (Å²) in [5.74, 6) is 0. The van der Waals surface area contributed by atoms with E-state index in [-0.39, 0.29) is 5.23 Å². The molecule has 0 aliphatic rings. The van der Waals surface area contributed by atoms with Gasteiger partial charge in [0.1, 0.15) is 0 Å². The maximum atomic E-state index is 8.93. The molecule has 0 atom stereocenters. The van der Waals surface area contributed by atoms with Gasteiger partial charge in [-0.2, -0.15) is 0 Å². The van der Waals surface area contributed by atoms with Crippen LogP contribution in [0.4, 0.5) is 5.69 Å². The van der Waals surface area contributed by atoms with Crippen LogP contribution in [0, 0.1) is 6.92 Å². The molecule has 0 heterocycles. The van der Waals surface area contributed by atoms with Gasteiger partial charge in [0.05, 0.1) is 5.69 Å². The highest BCUT2D eigenvalue weighted by Gasteiger charge is 2.02. The summed E-state index contributed by atoms with van der Waals surface area (Å²) in [6.45, 7) is 2.03. The smallest absolute Gasteiger partial charge is 0.0948 e. The summed E-state index contributed by atoms with van der Waals surface area (Å²) in [7, 11) is 0. The molecule has 0 aliphatic carbocycles. The number of benzene rings is 2. The zero-order valence-corrected chi connectivity index (χ0v) is 8.96. The molecule has 3 heteroatoms. The number of aryl methyl sites for hydroxylation is 1. The maximum absolute atomic E-state index is 8.93. The normalized spacial score (nSPS) is 10.2. The van der Waals surface area contributed by atoms with Gasteiger partial charge >= 0.3 is 0 Å². The Hall–Kier alpha value is -1.84. The van der Waals surface area contributed by atoms with Crippen LogP contribution >= 0.6 is 0 Å². The van der Waals surface area contributed by atoms with Crippen LogP contribution < -0.4 is 5.23 Å². The highest BCUT2D eigenvalue weighted by molar-refractivity contribution is 5.67. The summed E-state index contributed by atoms with van der Waals surface area (Å²) < 4.78 is 0. The van der Waals surface area contributed by atoms with Crippen molar-refractivity contribution in [3.63, 3.8) is 0 Å². The van der Waals surface area contributed by atoms with Gasteiger partial charge in [0.15, 0.2) is 0 Å². The van der Waals surface area contributed by atoms with Crippen molar-refractivity contribution >= 4 is 5.69 Å². The molecule has 0 spiro atoms. The van der Waals surface area contributed by atoms with Gasteiger partial charge in [-0.25, -0.2) is 0 Å². The first-order valence-electron chi connectivity index (χ1n) is 5.02. The fourth-order valence-corrected chi connectivity index (χ4v) is 1.56. The second-order valence-electron chi connectivity index (χ2n) is 3.71.